The van der Waals surface area contributed by atoms with Crippen molar-refractivity contribution >= 4 is 33.4 Å². The molecule has 1 atom stereocenters. The maximum atomic E-state index is 12.8. The number of nitrogens with zero attached hydrogens (tertiary/aromatic N) is 2. The zero-order valence-electron chi connectivity index (χ0n) is 14.8. The number of anilines is 1. The molecule has 0 saturated carbocycles. The fraction of sp³-hybridized carbons (Fsp3) is 0.588. The van der Waals surface area contributed by atoms with Crippen LogP contribution in [0.15, 0.2) is 18.2 Å². The van der Waals surface area contributed by atoms with Crippen LogP contribution in [0, 0.1) is 12.8 Å². The molecule has 1 aromatic carbocycles. The van der Waals surface area contributed by atoms with Gasteiger partial charge in [-0.3, -0.25) is 4.79 Å². The van der Waals surface area contributed by atoms with E-state index < -0.39 is 10.2 Å². The minimum atomic E-state index is -3.55. The summed E-state index contributed by atoms with van der Waals surface area (Å²) in [6.45, 7) is 4.07. The van der Waals surface area contributed by atoms with Crippen molar-refractivity contribution in [2.75, 3.05) is 44.7 Å². The number of benzene rings is 1. The predicted octanol–water partition coefficient (Wildman–Crippen LogP) is 1.88. The highest BCUT2D eigenvalue weighted by atomic mass is 35.5. The maximum Gasteiger partial charge on any atom is 0.282 e. The molecule has 0 aromatic heterocycles. The monoisotopic (exact) mass is 401 g/mol. The molecule has 0 spiro atoms. The average molecular weight is 402 g/mol. The lowest BCUT2D eigenvalue weighted by atomic mass is 9.98. The van der Waals surface area contributed by atoms with Gasteiger partial charge in [-0.25, -0.2) is 0 Å². The van der Waals surface area contributed by atoms with E-state index in [1.807, 2.05) is 13.0 Å². The first-order valence-electron chi connectivity index (χ1n) is 8.78. The Hall–Kier alpha value is -1.19. The molecule has 1 amide bonds. The van der Waals surface area contributed by atoms with Gasteiger partial charge in [0.1, 0.15) is 0 Å². The van der Waals surface area contributed by atoms with Crippen molar-refractivity contribution in [3.8, 4) is 0 Å². The van der Waals surface area contributed by atoms with Crippen LogP contribution in [0.2, 0.25) is 5.02 Å². The van der Waals surface area contributed by atoms with Gasteiger partial charge in [-0.05, 0) is 37.5 Å². The van der Waals surface area contributed by atoms with E-state index in [-0.39, 0.29) is 18.4 Å². The Morgan fingerprint density at radius 2 is 1.96 bits per heavy atom. The van der Waals surface area contributed by atoms with Gasteiger partial charge in [-0.1, -0.05) is 17.7 Å². The molecule has 2 aliphatic rings. The summed E-state index contributed by atoms with van der Waals surface area (Å²) in [6, 6.07) is 5.32. The zero-order chi connectivity index (χ0) is 18.7. The van der Waals surface area contributed by atoms with Gasteiger partial charge >= 0.3 is 0 Å². The predicted molar refractivity (Wildman–Crippen MR) is 100 cm³/mol. The second-order valence-corrected chi connectivity index (χ2v) is 9.03. The minimum Gasteiger partial charge on any atom is -0.379 e. The second-order valence-electron chi connectivity index (χ2n) is 6.66. The summed E-state index contributed by atoms with van der Waals surface area (Å²) in [5.41, 5.74) is 1.58. The quantitative estimate of drug-likeness (QED) is 0.835. The number of hydrogen-bond acceptors (Lipinski definition) is 4. The van der Waals surface area contributed by atoms with Crippen LogP contribution in [0.3, 0.4) is 0 Å². The van der Waals surface area contributed by atoms with Crippen LogP contribution in [0.4, 0.5) is 5.69 Å². The molecule has 2 saturated heterocycles. The summed E-state index contributed by atoms with van der Waals surface area (Å²) >= 11 is 6.00. The number of hydrogen-bond donors (Lipinski definition) is 1. The highest BCUT2D eigenvalue weighted by Gasteiger charge is 2.36. The van der Waals surface area contributed by atoms with Gasteiger partial charge in [0.05, 0.1) is 19.1 Å². The highest BCUT2D eigenvalue weighted by Crippen LogP contribution is 2.25. The van der Waals surface area contributed by atoms with E-state index in [1.165, 1.54) is 8.61 Å². The van der Waals surface area contributed by atoms with Crippen LogP contribution < -0.4 is 5.32 Å². The van der Waals surface area contributed by atoms with Crippen molar-refractivity contribution in [1.82, 2.24) is 8.61 Å². The van der Waals surface area contributed by atoms with E-state index in [0.29, 0.717) is 56.4 Å². The first kappa shape index (κ1) is 19.6. The third kappa shape index (κ3) is 4.37. The Kier molecular flexibility index (Phi) is 6.19. The lowest BCUT2D eigenvalue weighted by molar-refractivity contribution is -0.120. The maximum absolute atomic E-state index is 12.8. The highest BCUT2D eigenvalue weighted by molar-refractivity contribution is 7.86. The van der Waals surface area contributed by atoms with E-state index in [2.05, 4.69) is 5.32 Å². The molecule has 7 nitrogen and oxygen atoms in total. The molecule has 0 bridgehead atoms. The molecule has 0 radical (unpaired) electrons. The Morgan fingerprint density at radius 1 is 1.23 bits per heavy atom. The smallest absolute Gasteiger partial charge is 0.282 e. The summed E-state index contributed by atoms with van der Waals surface area (Å²) in [6.07, 6.45) is 1.33. The topological polar surface area (TPSA) is 79.0 Å². The molecule has 1 unspecified atom stereocenters. The van der Waals surface area contributed by atoms with Gasteiger partial charge in [0.2, 0.25) is 5.91 Å². The number of halogens is 1. The Labute approximate surface area is 159 Å². The average Bonchev–Trinajstić information content (AvgIpc) is 2.65. The molecule has 9 heteroatoms. The Bertz CT molecular complexity index is 765. The first-order chi connectivity index (χ1) is 12.4. The van der Waals surface area contributed by atoms with Gasteiger partial charge < -0.3 is 10.1 Å². The van der Waals surface area contributed by atoms with E-state index in [4.69, 9.17) is 16.3 Å². The number of carbonyl (C=O) groups is 1. The van der Waals surface area contributed by atoms with Crippen LogP contribution in [0.1, 0.15) is 18.4 Å². The third-order valence-corrected chi connectivity index (χ3v) is 7.07. The van der Waals surface area contributed by atoms with E-state index in [0.717, 1.165) is 5.56 Å². The van der Waals surface area contributed by atoms with Crippen LogP contribution in [0.5, 0.6) is 0 Å². The third-order valence-electron chi connectivity index (χ3n) is 4.84. The molecule has 144 valence electrons. The summed E-state index contributed by atoms with van der Waals surface area (Å²) in [4.78, 5) is 12.7. The molecule has 26 heavy (non-hydrogen) atoms. The zero-order valence-corrected chi connectivity index (χ0v) is 16.4. The van der Waals surface area contributed by atoms with Gasteiger partial charge in [0.15, 0.2) is 0 Å². The first-order valence-corrected chi connectivity index (χ1v) is 10.6. The molecule has 2 fully saturated rings. The van der Waals surface area contributed by atoms with Crippen LogP contribution in [-0.2, 0) is 19.7 Å². The fourth-order valence-corrected chi connectivity index (χ4v) is 5.11. The van der Waals surface area contributed by atoms with Gasteiger partial charge in [-0.2, -0.15) is 17.0 Å². The van der Waals surface area contributed by atoms with Crippen molar-refractivity contribution in [2.24, 2.45) is 5.92 Å². The standard InChI is InChI=1S/C17H24ClN3O4S/c1-13-4-5-15(18)11-16(13)19-17(22)14-3-2-6-21(12-14)26(23,24)20-7-9-25-10-8-20/h4-5,11,14H,2-3,6-10,12H2,1H3,(H,19,22). The molecule has 2 aliphatic heterocycles. The van der Waals surface area contributed by atoms with Gasteiger partial charge in [0, 0.05) is 36.9 Å². The number of aryl methyl sites for hydroxylation is 1. The lowest BCUT2D eigenvalue weighted by Gasteiger charge is -2.36. The molecule has 2 heterocycles. The van der Waals surface area contributed by atoms with E-state index in [9.17, 15) is 13.2 Å². The molecule has 3 rings (SSSR count). The molecule has 1 aromatic rings. The summed E-state index contributed by atoms with van der Waals surface area (Å²) in [5.74, 6) is -0.546. The number of morpholine rings is 1. The number of nitrogens with one attached hydrogen (secondary N) is 1. The van der Waals surface area contributed by atoms with E-state index in [1.54, 1.807) is 12.1 Å². The number of rotatable bonds is 4. The van der Waals surface area contributed by atoms with Gasteiger partial charge in [-0.15, -0.1) is 0 Å². The fourth-order valence-electron chi connectivity index (χ4n) is 3.27. The van der Waals surface area contributed by atoms with Crippen molar-refractivity contribution in [3.05, 3.63) is 28.8 Å². The molecule has 0 aliphatic carbocycles. The largest absolute Gasteiger partial charge is 0.379 e. The van der Waals surface area contributed by atoms with Crippen molar-refractivity contribution in [2.45, 2.75) is 19.8 Å². The Balaban J connectivity index is 1.67. The number of ether oxygens (including phenoxy) is 1. The van der Waals surface area contributed by atoms with Crippen LogP contribution in [-0.4, -0.2) is 62.3 Å². The normalized spacial score (nSPS) is 22.9. The summed E-state index contributed by atoms with van der Waals surface area (Å²) < 4.78 is 33.7. The summed E-state index contributed by atoms with van der Waals surface area (Å²) in [5, 5.41) is 3.44. The van der Waals surface area contributed by atoms with Crippen LogP contribution >= 0.6 is 11.6 Å². The van der Waals surface area contributed by atoms with Crippen molar-refractivity contribution < 1.29 is 17.9 Å². The second kappa shape index (κ2) is 8.22. The SMILES string of the molecule is Cc1ccc(Cl)cc1NC(=O)C1CCCN(S(=O)(=O)N2CCOCC2)C1. The summed E-state index contributed by atoms with van der Waals surface area (Å²) in [7, 11) is -3.55. The van der Waals surface area contributed by atoms with Gasteiger partial charge in [0.25, 0.3) is 10.2 Å². The lowest BCUT2D eigenvalue weighted by Crippen LogP contribution is -2.52. The minimum absolute atomic E-state index is 0.169. The Morgan fingerprint density at radius 3 is 2.69 bits per heavy atom. The molecular formula is C17H24ClN3O4S. The number of carbonyl (C=O) groups excluding carboxylic acids is 1. The number of amides is 1. The van der Waals surface area contributed by atoms with Crippen molar-refractivity contribution in [1.29, 1.82) is 0 Å². The van der Waals surface area contributed by atoms with E-state index >= 15 is 0 Å². The molecule has 1 N–H and O–H groups in total. The van der Waals surface area contributed by atoms with Crippen LogP contribution in [0.25, 0.3) is 0 Å². The molecular weight excluding hydrogens is 378 g/mol. The number of piperidine rings is 1. The van der Waals surface area contributed by atoms with Crippen molar-refractivity contribution in [3.63, 3.8) is 0 Å².